The minimum absolute atomic E-state index is 0.178. The van der Waals surface area contributed by atoms with E-state index in [0.717, 1.165) is 5.56 Å². The number of methoxy groups -OCH3 is 1. The van der Waals surface area contributed by atoms with Crippen LogP contribution in [0.5, 0.6) is 11.5 Å². The number of hydrogen-bond donors (Lipinski definition) is 0. The molecule has 0 radical (unpaired) electrons. The van der Waals surface area contributed by atoms with Crippen LogP contribution in [0.4, 0.5) is 0 Å². The number of nitrogens with zero attached hydrogens (tertiary/aromatic N) is 2. The molecule has 8 heteroatoms. The third-order valence-electron chi connectivity index (χ3n) is 4.93. The van der Waals surface area contributed by atoms with Crippen LogP contribution < -0.4 is 9.47 Å². The standard InChI is InChI=1S/C21H26N2O5S/c1-16-8-10-18(11-9-16)29(25,26)23-14-12-22(13-15-23)21(24)17(2)28-20-7-5-4-6-19(20)27-3/h4-11,17H,12-15H2,1-3H3/t17-/m0/s1. The van der Waals surface area contributed by atoms with Gasteiger partial charge in [-0.2, -0.15) is 4.31 Å². The maximum absolute atomic E-state index is 12.8. The van der Waals surface area contributed by atoms with Gasteiger partial charge in [0.05, 0.1) is 12.0 Å². The molecule has 1 amide bonds. The Labute approximate surface area is 171 Å². The molecule has 0 aromatic heterocycles. The molecule has 3 rings (SSSR count). The van der Waals surface area contributed by atoms with Crippen molar-refractivity contribution in [2.24, 2.45) is 0 Å². The third kappa shape index (κ3) is 4.71. The van der Waals surface area contributed by atoms with E-state index in [0.29, 0.717) is 24.6 Å². The summed E-state index contributed by atoms with van der Waals surface area (Å²) in [6.07, 6.45) is -0.702. The van der Waals surface area contributed by atoms with E-state index in [4.69, 9.17) is 9.47 Å². The number of carbonyl (C=O) groups is 1. The summed E-state index contributed by atoms with van der Waals surface area (Å²) < 4.78 is 38.1. The van der Waals surface area contributed by atoms with E-state index in [-0.39, 0.29) is 23.9 Å². The van der Waals surface area contributed by atoms with Crippen LogP contribution in [0.1, 0.15) is 12.5 Å². The smallest absolute Gasteiger partial charge is 0.263 e. The molecule has 7 nitrogen and oxygen atoms in total. The average molecular weight is 419 g/mol. The Hall–Kier alpha value is -2.58. The maximum Gasteiger partial charge on any atom is 0.263 e. The summed E-state index contributed by atoms with van der Waals surface area (Å²) in [5.41, 5.74) is 1.00. The Morgan fingerprint density at radius 1 is 0.966 bits per heavy atom. The molecule has 0 bridgehead atoms. The molecule has 0 N–H and O–H groups in total. The topological polar surface area (TPSA) is 76.2 Å². The van der Waals surface area contributed by atoms with Crippen LogP contribution in [0.2, 0.25) is 0 Å². The highest BCUT2D eigenvalue weighted by molar-refractivity contribution is 7.89. The highest BCUT2D eigenvalue weighted by atomic mass is 32.2. The summed E-state index contributed by atoms with van der Waals surface area (Å²) in [4.78, 5) is 14.7. The van der Waals surface area contributed by atoms with Crippen molar-refractivity contribution in [3.05, 3.63) is 54.1 Å². The Morgan fingerprint density at radius 3 is 2.14 bits per heavy atom. The lowest BCUT2D eigenvalue weighted by Crippen LogP contribution is -2.53. The van der Waals surface area contributed by atoms with Crippen molar-refractivity contribution in [1.29, 1.82) is 0 Å². The van der Waals surface area contributed by atoms with E-state index in [2.05, 4.69) is 0 Å². The first-order valence-electron chi connectivity index (χ1n) is 9.48. The molecule has 29 heavy (non-hydrogen) atoms. The van der Waals surface area contributed by atoms with Crippen LogP contribution in [-0.2, 0) is 14.8 Å². The van der Waals surface area contributed by atoms with Gasteiger partial charge in [-0.05, 0) is 38.1 Å². The van der Waals surface area contributed by atoms with Gasteiger partial charge in [0.15, 0.2) is 17.6 Å². The normalized spacial score (nSPS) is 16.3. The zero-order valence-corrected chi connectivity index (χ0v) is 17.7. The molecule has 156 valence electrons. The van der Waals surface area contributed by atoms with Gasteiger partial charge in [0.2, 0.25) is 10.0 Å². The van der Waals surface area contributed by atoms with Crippen LogP contribution in [0.25, 0.3) is 0 Å². The maximum atomic E-state index is 12.8. The predicted molar refractivity (Wildman–Crippen MR) is 110 cm³/mol. The van der Waals surface area contributed by atoms with Gasteiger partial charge in [-0.1, -0.05) is 29.8 Å². The fourth-order valence-electron chi connectivity index (χ4n) is 3.22. The molecule has 2 aromatic carbocycles. The van der Waals surface area contributed by atoms with Gasteiger partial charge in [-0.3, -0.25) is 4.79 Å². The number of ether oxygens (including phenoxy) is 2. The number of aryl methyl sites for hydroxylation is 1. The van der Waals surface area contributed by atoms with Crippen molar-refractivity contribution < 1.29 is 22.7 Å². The van der Waals surface area contributed by atoms with Gasteiger partial charge in [0.25, 0.3) is 5.91 Å². The SMILES string of the molecule is COc1ccccc1O[C@@H](C)C(=O)N1CCN(S(=O)(=O)c2ccc(C)cc2)CC1. The van der Waals surface area contributed by atoms with Crippen LogP contribution in [0, 0.1) is 6.92 Å². The van der Waals surface area contributed by atoms with Crippen molar-refractivity contribution in [3.8, 4) is 11.5 Å². The monoisotopic (exact) mass is 418 g/mol. The second kappa shape index (κ2) is 8.84. The summed E-state index contributed by atoms with van der Waals surface area (Å²) in [5, 5.41) is 0. The average Bonchev–Trinajstić information content (AvgIpc) is 2.74. The van der Waals surface area contributed by atoms with E-state index in [1.807, 2.05) is 19.1 Å². The molecule has 0 unspecified atom stereocenters. The molecule has 2 aromatic rings. The van der Waals surface area contributed by atoms with Crippen LogP contribution >= 0.6 is 0 Å². The number of carbonyl (C=O) groups excluding carboxylic acids is 1. The number of rotatable bonds is 6. The van der Waals surface area contributed by atoms with Gasteiger partial charge in [0, 0.05) is 26.2 Å². The molecule has 0 saturated carbocycles. The second-order valence-corrected chi connectivity index (χ2v) is 8.89. The zero-order chi connectivity index (χ0) is 21.0. The number of hydrogen-bond acceptors (Lipinski definition) is 5. The van der Waals surface area contributed by atoms with Crippen molar-refractivity contribution in [3.63, 3.8) is 0 Å². The summed E-state index contributed by atoms with van der Waals surface area (Å²) in [7, 11) is -2.01. The molecule has 1 aliphatic heterocycles. The van der Waals surface area contributed by atoms with Gasteiger partial charge in [-0.15, -0.1) is 0 Å². The van der Waals surface area contributed by atoms with Gasteiger partial charge < -0.3 is 14.4 Å². The summed E-state index contributed by atoms with van der Waals surface area (Å²) in [5.74, 6) is 0.876. The number of amides is 1. The zero-order valence-electron chi connectivity index (χ0n) is 16.9. The van der Waals surface area contributed by atoms with Crippen molar-refractivity contribution in [1.82, 2.24) is 9.21 Å². The number of para-hydroxylation sites is 2. The summed E-state index contributed by atoms with van der Waals surface area (Å²) in [6, 6.07) is 13.9. The Morgan fingerprint density at radius 2 is 1.55 bits per heavy atom. The molecule has 1 saturated heterocycles. The molecule has 1 aliphatic rings. The molecular formula is C21H26N2O5S. The van der Waals surface area contributed by atoms with Crippen LogP contribution in [0.3, 0.4) is 0 Å². The quantitative estimate of drug-likeness (QED) is 0.720. The fraction of sp³-hybridized carbons (Fsp3) is 0.381. The predicted octanol–water partition coefficient (Wildman–Crippen LogP) is 2.30. The van der Waals surface area contributed by atoms with Crippen molar-refractivity contribution >= 4 is 15.9 Å². The van der Waals surface area contributed by atoms with Crippen LogP contribution in [0.15, 0.2) is 53.4 Å². The number of piperazine rings is 1. The molecule has 1 atom stereocenters. The second-order valence-electron chi connectivity index (χ2n) is 6.95. The minimum Gasteiger partial charge on any atom is -0.493 e. The van der Waals surface area contributed by atoms with E-state index < -0.39 is 16.1 Å². The van der Waals surface area contributed by atoms with E-state index in [9.17, 15) is 13.2 Å². The Kier molecular flexibility index (Phi) is 6.44. The van der Waals surface area contributed by atoms with Gasteiger partial charge >= 0.3 is 0 Å². The van der Waals surface area contributed by atoms with Gasteiger partial charge in [0.1, 0.15) is 0 Å². The lowest BCUT2D eigenvalue weighted by atomic mass is 10.2. The summed E-state index contributed by atoms with van der Waals surface area (Å²) >= 11 is 0. The highest BCUT2D eigenvalue weighted by Gasteiger charge is 2.32. The van der Waals surface area contributed by atoms with Crippen molar-refractivity contribution in [2.45, 2.75) is 24.8 Å². The first kappa shape index (κ1) is 21.1. The van der Waals surface area contributed by atoms with Crippen molar-refractivity contribution in [2.75, 3.05) is 33.3 Å². The Bertz CT molecular complexity index is 951. The molecule has 1 fully saturated rings. The molecular weight excluding hydrogens is 392 g/mol. The molecule has 1 heterocycles. The van der Waals surface area contributed by atoms with E-state index in [1.165, 1.54) is 4.31 Å². The number of benzene rings is 2. The lowest BCUT2D eigenvalue weighted by Gasteiger charge is -2.35. The van der Waals surface area contributed by atoms with E-state index >= 15 is 0 Å². The Balaban J connectivity index is 1.61. The van der Waals surface area contributed by atoms with Gasteiger partial charge in [-0.25, -0.2) is 8.42 Å². The first-order chi connectivity index (χ1) is 13.8. The number of sulfonamides is 1. The lowest BCUT2D eigenvalue weighted by molar-refractivity contribution is -0.139. The minimum atomic E-state index is -3.56. The largest absolute Gasteiger partial charge is 0.493 e. The molecule has 0 aliphatic carbocycles. The fourth-order valence-corrected chi connectivity index (χ4v) is 4.64. The highest BCUT2D eigenvalue weighted by Crippen LogP contribution is 2.27. The third-order valence-corrected chi connectivity index (χ3v) is 6.84. The first-order valence-corrected chi connectivity index (χ1v) is 10.9. The molecule has 0 spiro atoms. The summed E-state index contributed by atoms with van der Waals surface area (Å²) in [6.45, 7) is 4.75. The van der Waals surface area contributed by atoms with E-state index in [1.54, 1.807) is 55.3 Å². The van der Waals surface area contributed by atoms with Crippen LogP contribution in [-0.4, -0.2) is 62.9 Å².